The topological polar surface area (TPSA) is 64.9 Å². The van der Waals surface area contributed by atoms with Crippen molar-refractivity contribution >= 4 is 12.0 Å². The van der Waals surface area contributed by atoms with Crippen LogP contribution in [0, 0.1) is 11.6 Å². The minimum Gasteiger partial charge on any atom is -0.455 e. The molecule has 4 aromatic rings. The molecule has 13 heteroatoms. The van der Waals surface area contributed by atoms with E-state index < -0.39 is 18.2 Å². The average molecular weight is 799 g/mol. The Kier molecular flexibility index (Phi) is 10.4. The van der Waals surface area contributed by atoms with Crippen LogP contribution < -0.4 is 5.32 Å². The Morgan fingerprint density at radius 3 is 1.69 bits per heavy atom. The van der Waals surface area contributed by atoms with E-state index in [-0.39, 0.29) is 35.9 Å². The highest BCUT2D eigenvalue weighted by Gasteiger charge is 2.48. The number of fused-ring (bicyclic) bond motifs is 2. The first-order chi connectivity index (χ1) is 28.1. The zero-order valence-corrected chi connectivity index (χ0v) is 32.2. The number of hydrogen-bond donors (Lipinski definition) is 1. The van der Waals surface area contributed by atoms with Gasteiger partial charge < -0.3 is 24.6 Å². The van der Waals surface area contributed by atoms with Crippen LogP contribution in [0.4, 0.5) is 22.0 Å². The summed E-state index contributed by atoms with van der Waals surface area (Å²) in [6.07, 6.45) is -1.53. The maximum atomic E-state index is 13.6. The fourth-order valence-corrected chi connectivity index (χ4v) is 9.35. The number of likely N-dealkylation sites (tertiary alicyclic amines) is 1. The number of rotatable bonds is 4. The maximum Gasteiger partial charge on any atom is 0.390 e. The number of aliphatic imine (C=N–C) groups is 2. The lowest BCUT2D eigenvalue weighted by Gasteiger charge is -2.39. The minimum absolute atomic E-state index is 0.00353. The third kappa shape index (κ3) is 7.90. The Balaban J connectivity index is 0.000000153. The summed E-state index contributed by atoms with van der Waals surface area (Å²) in [7, 11) is 0. The van der Waals surface area contributed by atoms with Crippen molar-refractivity contribution in [3.05, 3.63) is 142 Å². The molecule has 6 aliphatic rings. The zero-order valence-electron chi connectivity index (χ0n) is 32.2. The molecule has 2 saturated heterocycles. The van der Waals surface area contributed by atoms with E-state index in [1.165, 1.54) is 41.0 Å². The number of halogens is 5. The minimum atomic E-state index is -4.16. The maximum absolute atomic E-state index is 13.6. The van der Waals surface area contributed by atoms with Crippen molar-refractivity contribution in [2.75, 3.05) is 58.9 Å². The summed E-state index contributed by atoms with van der Waals surface area (Å²) in [4.78, 5) is 15.6. The normalized spacial score (nSPS) is 26.4. The van der Waals surface area contributed by atoms with Gasteiger partial charge in [0.2, 0.25) is 0 Å². The van der Waals surface area contributed by atoms with Crippen LogP contribution in [0.5, 0.6) is 0 Å². The van der Waals surface area contributed by atoms with E-state index in [9.17, 15) is 22.0 Å². The van der Waals surface area contributed by atoms with Crippen LogP contribution in [0.1, 0.15) is 64.7 Å². The smallest absolute Gasteiger partial charge is 0.390 e. The summed E-state index contributed by atoms with van der Waals surface area (Å²) in [5.74, 6) is -0.502. The number of ether oxygens (including phenoxy) is 2. The van der Waals surface area contributed by atoms with Gasteiger partial charge >= 0.3 is 6.18 Å². The van der Waals surface area contributed by atoms with Crippen LogP contribution in [0.15, 0.2) is 107 Å². The quantitative estimate of drug-likeness (QED) is 0.217. The van der Waals surface area contributed by atoms with Crippen LogP contribution in [-0.4, -0.2) is 103 Å². The van der Waals surface area contributed by atoms with Crippen molar-refractivity contribution in [2.24, 2.45) is 9.98 Å². The monoisotopic (exact) mass is 798 g/mol. The SMILES string of the molecule is Fc1ccc([C@H]2c3ccccc3CCN2C2=NC[C@@]3(CCN(CCC(F)(F)F)C3)O2)cc1.Fc1ccc([C@H]2c3ccccc3CCN2C2=NC[C@@]3(CCNC3)O2)cc1. The molecule has 4 atom stereocenters. The molecular weight excluding hydrogens is 752 g/mol. The van der Waals surface area contributed by atoms with E-state index in [0.29, 0.717) is 45.2 Å². The summed E-state index contributed by atoms with van der Waals surface area (Å²) in [5, 5.41) is 3.38. The van der Waals surface area contributed by atoms with Crippen molar-refractivity contribution in [3.63, 3.8) is 0 Å². The Hall–Kier alpha value is -5.01. The molecule has 2 spiro atoms. The van der Waals surface area contributed by atoms with Gasteiger partial charge in [0.05, 0.1) is 31.6 Å². The number of hydrogen-bond acceptors (Lipinski definition) is 8. The second kappa shape index (κ2) is 15.6. The first kappa shape index (κ1) is 38.5. The van der Waals surface area contributed by atoms with Crippen molar-refractivity contribution in [1.82, 2.24) is 20.0 Å². The van der Waals surface area contributed by atoms with Crippen molar-refractivity contribution in [2.45, 2.75) is 61.6 Å². The van der Waals surface area contributed by atoms with Gasteiger partial charge in [-0.1, -0.05) is 72.8 Å². The summed E-state index contributed by atoms with van der Waals surface area (Å²) in [5.41, 5.74) is 6.24. The molecule has 10 rings (SSSR count). The average Bonchev–Trinajstić information content (AvgIpc) is 4.06. The Morgan fingerprint density at radius 1 is 0.655 bits per heavy atom. The molecule has 8 nitrogen and oxygen atoms in total. The Bertz CT molecular complexity index is 2160. The molecule has 0 radical (unpaired) electrons. The third-order valence-electron chi connectivity index (χ3n) is 12.4. The standard InChI is InChI=1S/C24H25F4N3O.C21H22FN3O/c25-19-7-5-18(6-8-19)21-20-4-2-1-3-17(20)9-12-31(21)22-29-15-23(32-22)10-13-30(16-23)14-11-24(26,27)28;22-17-7-5-16(6-8-17)19-18-4-2-1-3-15(18)9-12-25(19)20-24-14-21(26-20)10-11-23-13-21/h1-8,21H,9-16H2;1-8,19,23H,9-14H2/t21-,23+;19-,21-/m00/s1. The van der Waals surface area contributed by atoms with E-state index in [0.717, 1.165) is 61.6 Å². The van der Waals surface area contributed by atoms with Crippen molar-refractivity contribution in [1.29, 1.82) is 0 Å². The lowest BCUT2D eigenvalue weighted by molar-refractivity contribution is -0.137. The van der Waals surface area contributed by atoms with Gasteiger partial charge in [-0.25, -0.2) is 18.8 Å². The van der Waals surface area contributed by atoms with Crippen LogP contribution in [-0.2, 0) is 22.3 Å². The number of nitrogens with one attached hydrogen (secondary N) is 1. The summed E-state index contributed by atoms with van der Waals surface area (Å²) in [6, 6.07) is 31.1. The molecule has 58 heavy (non-hydrogen) atoms. The third-order valence-corrected chi connectivity index (χ3v) is 12.4. The molecule has 6 aliphatic heterocycles. The van der Waals surface area contributed by atoms with Gasteiger partial charge in [0.15, 0.2) is 0 Å². The largest absolute Gasteiger partial charge is 0.455 e. The van der Waals surface area contributed by atoms with Crippen LogP contribution in [0.25, 0.3) is 0 Å². The Morgan fingerprint density at radius 2 is 1.17 bits per heavy atom. The van der Waals surface area contributed by atoms with Crippen molar-refractivity contribution < 1.29 is 31.4 Å². The van der Waals surface area contributed by atoms with Gasteiger partial charge in [0, 0.05) is 52.1 Å². The predicted molar refractivity (Wildman–Crippen MR) is 212 cm³/mol. The van der Waals surface area contributed by atoms with Gasteiger partial charge in [-0.05, 0) is 77.0 Å². The second-order valence-electron chi connectivity index (χ2n) is 16.3. The van der Waals surface area contributed by atoms with Gasteiger partial charge in [-0.15, -0.1) is 0 Å². The first-order valence-electron chi connectivity index (χ1n) is 20.2. The molecule has 0 aliphatic carbocycles. The molecule has 4 aromatic carbocycles. The van der Waals surface area contributed by atoms with Gasteiger partial charge in [0.1, 0.15) is 22.8 Å². The number of benzene rings is 4. The molecule has 0 bridgehead atoms. The molecule has 0 amide bonds. The number of alkyl halides is 3. The van der Waals surface area contributed by atoms with Crippen molar-refractivity contribution in [3.8, 4) is 0 Å². The van der Waals surface area contributed by atoms with E-state index >= 15 is 0 Å². The first-order valence-corrected chi connectivity index (χ1v) is 20.2. The van der Waals surface area contributed by atoms with Crippen LogP contribution >= 0.6 is 0 Å². The van der Waals surface area contributed by atoms with Gasteiger partial charge in [-0.2, -0.15) is 13.2 Å². The summed E-state index contributed by atoms with van der Waals surface area (Å²) >= 11 is 0. The van der Waals surface area contributed by atoms with Gasteiger partial charge in [-0.3, -0.25) is 4.90 Å². The predicted octanol–water partition coefficient (Wildman–Crippen LogP) is 7.45. The molecule has 1 N–H and O–H groups in total. The van der Waals surface area contributed by atoms with Crippen LogP contribution in [0.3, 0.4) is 0 Å². The van der Waals surface area contributed by atoms with Gasteiger partial charge in [0.25, 0.3) is 12.0 Å². The molecule has 304 valence electrons. The second-order valence-corrected chi connectivity index (χ2v) is 16.3. The van der Waals surface area contributed by atoms with Crippen LogP contribution in [0.2, 0.25) is 0 Å². The summed E-state index contributed by atoms with van der Waals surface area (Å²) in [6.45, 7) is 5.54. The Labute approximate surface area is 335 Å². The van der Waals surface area contributed by atoms with E-state index in [1.807, 2.05) is 29.2 Å². The zero-order chi connectivity index (χ0) is 39.9. The highest BCUT2D eigenvalue weighted by atomic mass is 19.4. The fourth-order valence-electron chi connectivity index (χ4n) is 9.35. The lowest BCUT2D eigenvalue weighted by Crippen LogP contribution is -2.44. The molecule has 0 aromatic heterocycles. The number of amidine groups is 2. The molecule has 0 unspecified atom stereocenters. The molecule has 6 heterocycles. The molecular formula is C45H47F5N6O2. The fraction of sp³-hybridized carbons (Fsp3) is 0.422. The van der Waals surface area contributed by atoms with E-state index in [4.69, 9.17) is 19.5 Å². The molecule has 0 saturated carbocycles. The van der Waals surface area contributed by atoms with E-state index in [1.54, 1.807) is 12.1 Å². The highest BCUT2D eigenvalue weighted by Crippen LogP contribution is 2.41. The summed E-state index contributed by atoms with van der Waals surface area (Å²) < 4.78 is 77.7. The number of nitrogens with zero attached hydrogens (tertiary/aromatic N) is 5. The van der Waals surface area contributed by atoms with E-state index in [2.05, 4.69) is 51.5 Å². The highest BCUT2D eigenvalue weighted by molar-refractivity contribution is 5.78. The lowest BCUT2D eigenvalue weighted by atomic mass is 9.88. The molecule has 2 fully saturated rings.